The third-order valence-corrected chi connectivity index (χ3v) is 5.62. The van der Waals surface area contributed by atoms with Crippen LogP contribution < -0.4 is 5.32 Å². The standard InChI is InChI=1S/C19H25ClFN3O2/c20-17-13-15(21)2-3-16(17)19(26)24-11-9-23(10-12-24)18(25)4-1-14-5-7-22-8-6-14/h2-3,13-14,22H,1,4-12H2. The summed E-state index contributed by atoms with van der Waals surface area (Å²) in [5.74, 6) is 0.145. The molecule has 1 aromatic rings. The van der Waals surface area contributed by atoms with Gasteiger partial charge < -0.3 is 15.1 Å². The molecule has 2 saturated heterocycles. The number of rotatable bonds is 4. The van der Waals surface area contributed by atoms with Gasteiger partial charge in [-0.25, -0.2) is 4.39 Å². The van der Waals surface area contributed by atoms with Gasteiger partial charge in [0.05, 0.1) is 10.6 Å². The number of hydrogen-bond acceptors (Lipinski definition) is 3. The lowest BCUT2D eigenvalue weighted by molar-refractivity contribution is -0.133. The van der Waals surface area contributed by atoms with Gasteiger partial charge in [0, 0.05) is 32.6 Å². The molecule has 1 aromatic carbocycles. The molecule has 0 radical (unpaired) electrons. The van der Waals surface area contributed by atoms with Crippen LogP contribution in [0.1, 0.15) is 36.0 Å². The number of benzene rings is 1. The normalized spacial score (nSPS) is 18.8. The Kier molecular flexibility index (Phi) is 6.48. The van der Waals surface area contributed by atoms with Gasteiger partial charge in [-0.15, -0.1) is 0 Å². The van der Waals surface area contributed by atoms with E-state index in [1.165, 1.54) is 12.1 Å². The van der Waals surface area contributed by atoms with E-state index in [0.717, 1.165) is 38.4 Å². The van der Waals surface area contributed by atoms with E-state index in [9.17, 15) is 14.0 Å². The molecular weight excluding hydrogens is 357 g/mol. The maximum Gasteiger partial charge on any atom is 0.255 e. The van der Waals surface area contributed by atoms with E-state index >= 15 is 0 Å². The molecule has 26 heavy (non-hydrogen) atoms. The Morgan fingerprint density at radius 3 is 2.42 bits per heavy atom. The summed E-state index contributed by atoms with van der Waals surface area (Å²) in [6, 6.07) is 3.80. The molecule has 0 saturated carbocycles. The number of carbonyl (C=O) groups excluding carboxylic acids is 2. The number of hydrogen-bond donors (Lipinski definition) is 1. The zero-order valence-corrected chi connectivity index (χ0v) is 15.6. The molecule has 0 atom stereocenters. The van der Waals surface area contributed by atoms with Crippen LogP contribution in [0, 0.1) is 11.7 Å². The first kappa shape index (κ1) is 19.1. The van der Waals surface area contributed by atoms with Gasteiger partial charge in [0.15, 0.2) is 0 Å². The van der Waals surface area contributed by atoms with Crippen LogP contribution in [-0.4, -0.2) is 60.9 Å². The summed E-state index contributed by atoms with van der Waals surface area (Å²) >= 11 is 5.98. The second-order valence-electron chi connectivity index (χ2n) is 7.03. The largest absolute Gasteiger partial charge is 0.339 e. The SMILES string of the molecule is O=C(CCC1CCNCC1)N1CCN(C(=O)c2ccc(F)cc2Cl)CC1. The lowest BCUT2D eigenvalue weighted by Crippen LogP contribution is -2.50. The van der Waals surface area contributed by atoms with Crippen molar-refractivity contribution in [1.29, 1.82) is 0 Å². The fourth-order valence-corrected chi connectivity index (χ4v) is 3.90. The zero-order chi connectivity index (χ0) is 18.5. The highest BCUT2D eigenvalue weighted by molar-refractivity contribution is 6.33. The molecule has 1 N–H and O–H groups in total. The first-order valence-corrected chi connectivity index (χ1v) is 9.65. The first-order valence-electron chi connectivity index (χ1n) is 9.27. The summed E-state index contributed by atoms with van der Waals surface area (Å²) in [6.07, 6.45) is 3.83. The summed E-state index contributed by atoms with van der Waals surface area (Å²) in [5, 5.41) is 3.46. The third kappa shape index (κ3) is 4.74. The first-order chi connectivity index (χ1) is 12.5. The molecule has 2 aliphatic rings. The average molecular weight is 382 g/mol. The van der Waals surface area contributed by atoms with Crippen molar-refractivity contribution in [2.24, 2.45) is 5.92 Å². The molecule has 142 valence electrons. The van der Waals surface area contributed by atoms with Crippen LogP contribution in [0.15, 0.2) is 18.2 Å². The molecule has 5 nitrogen and oxygen atoms in total. The van der Waals surface area contributed by atoms with E-state index < -0.39 is 5.82 Å². The van der Waals surface area contributed by atoms with Gasteiger partial charge in [0.25, 0.3) is 5.91 Å². The van der Waals surface area contributed by atoms with Crippen molar-refractivity contribution in [1.82, 2.24) is 15.1 Å². The minimum Gasteiger partial charge on any atom is -0.339 e. The molecule has 0 unspecified atom stereocenters. The van der Waals surface area contributed by atoms with Gasteiger partial charge in [0.1, 0.15) is 5.82 Å². The summed E-state index contributed by atoms with van der Waals surface area (Å²) in [6.45, 7) is 4.12. The Labute approximate surface area is 158 Å². The van der Waals surface area contributed by atoms with Crippen LogP contribution >= 0.6 is 11.6 Å². The number of piperazine rings is 1. The molecule has 0 aliphatic carbocycles. The molecule has 0 bridgehead atoms. The van der Waals surface area contributed by atoms with Crippen molar-refractivity contribution in [3.8, 4) is 0 Å². The van der Waals surface area contributed by atoms with E-state index in [4.69, 9.17) is 11.6 Å². The maximum atomic E-state index is 13.1. The van der Waals surface area contributed by atoms with Gasteiger partial charge >= 0.3 is 0 Å². The van der Waals surface area contributed by atoms with Crippen molar-refractivity contribution in [3.05, 3.63) is 34.6 Å². The zero-order valence-electron chi connectivity index (χ0n) is 14.8. The summed E-state index contributed by atoms with van der Waals surface area (Å²) in [5.41, 5.74) is 0.304. The molecule has 3 rings (SSSR count). The van der Waals surface area contributed by atoms with Crippen molar-refractivity contribution in [3.63, 3.8) is 0 Å². The molecule has 2 amide bonds. The smallest absolute Gasteiger partial charge is 0.255 e. The monoisotopic (exact) mass is 381 g/mol. The number of carbonyl (C=O) groups is 2. The van der Waals surface area contributed by atoms with Crippen molar-refractivity contribution in [2.75, 3.05) is 39.3 Å². The van der Waals surface area contributed by atoms with Crippen molar-refractivity contribution < 1.29 is 14.0 Å². The highest BCUT2D eigenvalue weighted by Crippen LogP contribution is 2.21. The van der Waals surface area contributed by atoms with Crippen LogP contribution in [0.2, 0.25) is 5.02 Å². The predicted molar refractivity (Wildman–Crippen MR) is 98.7 cm³/mol. The van der Waals surface area contributed by atoms with E-state index in [1.54, 1.807) is 4.90 Å². The van der Waals surface area contributed by atoms with E-state index in [1.807, 2.05) is 4.90 Å². The molecule has 0 aromatic heterocycles. The molecule has 2 heterocycles. The topological polar surface area (TPSA) is 52.7 Å². The molecule has 7 heteroatoms. The number of nitrogens with zero attached hydrogens (tertiary/aromatic N) is 2. The minimum absolute atomic E-state index is 0.121. The van der Waals surface area contributed by atoms with Gasteiger partial charge in [0.2, 0.25) is 5.91 Å². The van der Waals surface area contributed by atoms with E-state index in [-0.39, 0.29) is 16.8 Å². The number of amides is 2. The Bertz CT molecular complexity index is 656. The Balaban J connectivity index is 1.47. The minimum atomic E-state index is -0.462. The van der Waals surface area contributed by atoms with Gasteiger partial charge in [-0.2, -0.15) is 0 Å². The van der Waals surface area contributed by atoms with Crippen LogP contribution in [0.4, 0.5) is 4.39 Å². The van der Waals surface area contributed by atoms with Crippen LogP contribution in [0.25, 0.3) is 0 Å². The highest BCUT2D eigenvalue weighted by Gasteiger charge is 2.26. The second kappa shape index (κ2) is 8.82. The Morgan fingerprint density at radius 1 is 1.12 bits per heavy atom. The van der Waals surface area contributed by atoms with E-state index in [2.05, 4.69) is 5.32 Å². The van der Waals surface area contributed by atoms with Gasteiger partial charge in [-0.05, 0) is 56.5 Å². The maximum absolute atomic E-state index is 13.1. The third-order valence-electron chi connectivity index (χ3n) is 5.31. The average Bonchev–Trinajstić information content (AvgIpc) is 2.66. The van der Waals surface area contributed by atoms with Gasteiger partial charge in [-0.1, -0.05) is 11.6 Å². The Hall–Kier alpha value is -1.66. The van der Waals surface area contributed by atoms with Crippen LogP contribution in [-0.2, 0) is 4.79 Å². The fourth-order valence-electron chi connectivity index (χ4n) is 3.65. The molecular formula is C19H25ClFN3O2. The molecule has 2 fully saturated rings. The number of piperidine rings is 1. The highest BCUT2D eigenvalue weighted by atomic mass is 35.5. The fraction of sp³-hybridized carbons (Fsp3) is 0.579. The summed E-state index contributed by atoms with van der Waals surface area (Å²) in [4.78, 5) is 28.5. The summed E-state index contributed by atoms with van der Waals surface area (Å²) < 4.78 is 13.1. The van der Waals surface area contributed by atoms with E-state index in [0.29, 0.717) is 44.1 Å². The number of halogens is 2. The lowest BCUT2D eigenvalue weighted by atomic mass is 9.93. The van der Waals surface area contributed by atoms with Crippen LogP contribution in [0.5, 0.6) is 0 Å². The van der Waals surface area contributed by atoms with Crippen molar-refractivity contribution >= 4 is 23.4 Å². The van der Waals surface area contributed by atoms with Crippen LogP contribution in [0.3, 0.4) is 0 Å². The second-order valence-corrected chi connectivity index (χ2v) is 7.44. The Morgan fingerprint density at radius 2 is 1.77 bits per heavy atom. The van der Waals surface area contributed by atoms with Crippen molar-refractivity contribution in [2.45, 2.75) is 25.7 Å². The molecule has 0 spiro atoms. The predicted octanol–water partition coefficient (Wildman–Crippen LogP) is 2.54. The molecule has 2 aliphatic heterocycles. The lowest BCUT2D eigenvalue weighted by Gasteiger charge is -2.35. The van der Waals surface area contributed by atoms with Gasteiger partial charge in [-0.3, -0.25) is 9.59 Å². The number of nitrogens with one attached hydrogen (secondary N) is 1. The quantitative estimate of drug-likeness (QED) is 0.872. The summed E-state index contributed by atoms with van der Waals surface area (Å²) in [7, 11) is 0.